The number of allylic oxidation sites excluding steroid dienone is 2. The Morgan fingerprint density at radius 2 is 2.00 bits per heavy atom. The fourth-order valence-corrected chi connectivity index (χ4v) is 2.77. The molecule has 0 aromatic rings. The van der Waals surface area contributed by atoms with E-state index in [0.717, 1.165) is 23.7 Å². The molecular formula is C10H14. The Bertz CT molecular complexity index is 176. The van der Waals surface area contributed by atoms with Crippen molar-refractivity contribution in [3.63, 3.8) is 0 Å². The smallest absolute Gasteiger partial charge is 0.0168 e. The largest absolute Gasteiger partial charge is 0.0882 e. The Labute approximate surface area is 62.3 Å². The van der Waals surface area contributed by atoms with Gasteiger partial charge in [0.2, 0.25) is 0 Å². The molecule has 0 bridgehead atoms. The molecule has 0 heteroatoms. The average molecular weight is 134 g/mol. The second-order valence-corrected chi connectivity index (χ2v) is 4.16. The minimum absolute atomic E-state index is 1.04. The minimum atomic E-state index is 1.04. The van der Waals surface area contributed by atoms with Gasteiger partial charge in [-0.2, -0.15) is 0 Å². The Morgan fingerprint density at radius 1 is 1.10 bits per heavy atom. The molecule has 0 N–H and O–H groups in total. The van der Waals surface area contributed by atoms with Gasteiger partial charge >= 0.3 is 0 Å². The van der Waals surface area contributed by atoms with Gasteiger partial charge in [-0.3, -0.25) is 0 Å². The molecule has 0 saturated heterocycles. The fraction of sp³-hybridized carbons (Fsp3) is 0.800. The highest BCUT2D eigenvalue weighted by Gasteiger charge is 2.55. The van der Waals surface area contributed by atoms with Crippen molar-refractivity contribution in [3.8, 4) is 0 Å². The van der Waals surface area contributed by atoms with Gasteiger partial charge in [0.1, 0.15) is 0 Å². The van der Waals surface area contributed by atoms with E-state index in [1.807, 2.05) is 0 Å². The maximum Gasteiger partial charge on any atom is -0.0168 e. The summed E-state index contributed by atoms with van der Waals surface area (Å²) in [6, 6.07) is 0. The maximum absolute atomic E-state index is 2.48. The lowest BCUT2D eigenvalue weighted by Gasteiger charge is -1.97. The highest BCUT2D eigenvalue weighted by atomic mass is 14.6. The van der Waals surface area contributed by atoms with Gasteiger partial charge in [0, 0.05) is 0 Å². The average Bonchev–Trinajstić information content (AvgIpc) is 2.81. The van der Waals surface area contributed by atoms with E-state index < -0.39 is 0 Å². The Kier molecular flexibility index (Phi) is 0.898. The highest BCUT2D eigenvalue weighted by molar-refractivity contribution is 5.15. The molecule has 0 nitrogen and oxygen atoms in total. The summed E-state index contributed by atoms with van der Waals surface area (Å²) in [5.41, 5.74) is 0. The summed E-state index contributed by atoms with van der Waals surface area (Å²) < 4.78 is 0. The van der Waals surface area contributed by atoms with E-state index in [9.17, 15) is 0 Å². The zero-order valence-corrected chi connectivity index (χ0v) is 6.29. The van der Waals surface area contributed by atoms with Crippen LogP contribution in [0.3, 0.4) is 0 Å². The third-order valence-electron chi connectivity index (χ3n) is 3.48. The predicted octanol–water partition coefficient (Wildman–Crippen LogP) is 2.61. The third-order valence-corrected chi connectivity index (χ3v) is 3.48. The first-order valence-electron chi connectivity index (χ1n) is 4.63. The molecule has 0 aromatic heterocycles. The molecular weight excluding hydrogens is 120 g/mol. The van der Waals surface area contributed by atoms with Gasteiger partial charge in [0.25, 0.3) is 0 Å². The fourth-order valence-electron chi connectivity index (χ4n) is 2.77. The van der Waals surface area contributed by atoms with E-state index in [0.29, 0.717) is 0 Å². The molecule has 3 rings (SSSR count). The van der Waals surface area contributed by atoms with Crippen molar-refractivity contribution in [3.05, 3.63) is 12.2 Å². The molecule has 0 amide bonds. The van der Waals surface area contributed by atoms with Gasteiger partial charge in [0.05, 0.1) is 0 Å². The molecule has 0 aliphatic heterocycles. The molecule has 2 fully saturated rings. The second-order valence-electron chi connectivity index (χ2n) is 4.16. The van der Waals surface area contributed by atoms with Crippen LogP contribution in [0.5, 0.6) is 0 Å². The first kappa shape index (κ1) is 5.40. The summed E-state index contributed by atoms with van der Waals surface area (Å²) in [6.07, 6.45) is 10.8. The molecule has 2 saturated carbocycles. The van der Waals surface area contributed by atoms with E-state index >= 15 is 0 Å². The SMILES string of the molecule is C1=CC2C(CC1)C2C1CC1. The van der Waals surface area contributed by atoms with Crippen LogP contribution in [0.15, 0.2) is 12.2 Å². The van der Waals surface area contributed by atoms with Crippen molar-refractivity contribution >= 4 is 0 Å². The topological polar surface area (TPSA) is 0 Å². The van der Waals surface area contributed by atoms with Crippen LogP contribution >= 0.6 is 0 Å². The van der Waals surface area contributed by atoms with Crippen molar-refractivity contribution in [1.29, 1.82) is 0 Å². The summed E-state index contributed by atoms with van der Waals surface area (Å²) in [6.45, 7) is 0. The van der Waals surface area contributed by atoms with E-state index in [1.165, 1.54) is 12.8 Å². The lowest BCUT2D eigenvalue weighted by atomic mass is 10.1. The van der Waals surface area contributed by atoms with Gasteiger partial charge < -0.3 is 0 Å². The molecule has 0 radical (unpaired) electrons. The van der Waals surface area contributed by atoms with Crippen LogP contribution < -0.4 is 0 Å². The molecule has 3 unspecified atom stereocenters. The maximum atomic E-state index is 2.48. The van der Waals surface area contributed by atoms with Crippen LogP contribution in [-0.2, 0) is 0 Å². The minimum Gasteiger partial charge on any atom is -0.0882 e. The zero-order chi connectivity index (χ0) is 6.55. The Balaban J connectivity index is 1.77. The summed E-state index contributed by atoms with van der Waals surface area (Å²) >= 11 is 0. The molecule has 0 heterocycles. The summed E-state index contributed by atoms with van der Waals surface area (Å²) in [4.78, 5) is 0. The lowest BCUT2D eigenvalue weighted by molar-refractivity contribution is 0.599. The second kappa shape index (κ2) is 1.66. The van der Waals surface area contributed by atoms with Crippen molar-refractivity contribution in [2.75, 3.05) is 0 Å². The van der Waals surface area contributed by atoms with Crippen molar-refractivity contribution in [2.45, 2.75) is 25.7 Å². The van der Waals surface area contributed by atoms with Crippen LogP contribution in [0.4, 0.5) is 0 Å². The molecule has 0 aromatic carbocycles. The van der Waals surface area contributed by atoms with Crippen LogP contribution in [0, 0.1) is 23.7 Å². The van der Waals surface area contributed by atoms with Crippen molar-refractivity contribution in [1.82, 2.24) is 0 Å². The lowest BCUT2D eigenvalue weighted by Crippen LogP contribution is -1.84. The van der Waals surface area contributed by atoms with Crippen LogP contribution in [0.2, 0.25) is 0 Å². The molecule has 54 valence electrons. The van der Waals surface area contributed by atoms with Gasteiger partial charge in [-0.1, -0.05) is 12.2 Å². The Morgan fingerprint density at radius 3 is 2.60 bits per heavy atom. The third kappa shape index (κ3) is 0.624. The van der Waals surface area contributed by atoms with E-state index in [-0.39, 0.29) is 0 Å². The normalized spacial score (nSPS) is 50.6. The molecule has 3 aliphatic rings. The standard InChI is InChI=1S/C10H14/c1-2-4-9-8(3-1)10(9)7-5-6-7/h1,3,7-10H,2,4-6H2. The monoisotopic (exact) mass is 134 g/mol. The molecule has 10 heavy (non-hydrogen) atoms. The zero-order valence-electron chi connectivity index (χ0n) is 6.29. The van der Waals surface area contributed by atoms with Gasteiger partial charge in [-0.05, 0) is 49.4 Å². The Hall–Kier alpha value is -0.260. The first-order valence-corrected chi connectivity index (χ1v) is 4.63. The van der Waals surface area contributed by atoms with Gasteiger partial charge in [0.15, 0.2) is 0 Å². The molecule has 3 aliphatic carbocycles. The summed E-state index contributed by atoms with van der Waals surface area (Å²) in [7, 11) is 0. The molecule has 3 atom stereocenters. The van der Waals surface area contributed by atoms with E-state index in [1.54, 1.807) is 12.8 Å². The van der Waals surface area contributed by atoms with Crippen LogP contribution in [0.25, 0.3) is 0 Å². The summed E-state index contributed by atoms with van der Waals surface area (Å²) in [5, 5.41) is 0. The quantitative estimate of drug-likeness (QED) is 0.483. The summed E-state index contributed by atoms with van der Waals surface area (Å²) in [5.74, 6) is 4.50. The van der Waals surface area contributed by atoms with E-state index in [2.05, 4.69) is 12.2 Å². The van der Waals surface area contributed by atoms with Crippen molar-refractivity contribution in [2.24, 2.45) is 23.7 Å². The first-order chi connectivity index (χ1) is 4.97. The number of hydrogen-bond acceptors (Lipinski definition) is 0. The van der Waals surface area contributed by atoms with Gasteiger partial charge in [-0.15, -0.1) is 0 Å². The van der Waals surface area contributed by atoms with Crippen molar-refractivity contribution < 1.29 is 0 Å². The molecule has 0 spiro atoms. The number of rotatable bonds is 1. The van der Waals surface area contributed by atoms with Crippen LogP contribution in [-0.4, -0.2) is 0 Å². The number of fused-ring (bicyclic) bond motifs is 1. The van der Waals surface area contributed by atoms with Gasteiger partial charge in [-0.25, -0.2) is 0 Å². The predicted molar refractivity (Wildman–Crippen MR) is 41.6 cm³/mol. The highest BCUT2D eigenvalue weighted by Crippen LogP contribution is 2.62. The van der Waals surface area contributed by atoms with E-state index in [4.69, 9.17) is 0 Å². The van der Waals surface area contributed by atoms with Crippen LogP contribution in [0.1, 0.15) is 25.7 Å². The number of hydrogen-bond donors (Lipinski definition) is 0.